The molecule has 2 aliphatic heterocycles. The number of ether oxygens (including phenoxy) is 1. The Balaban J connectivity index is 1.40. The number of halogens is 6. The van der Waals surface area contributed by atoms with Gasteiger partial charge in [-0.25, -0.2) is 32.5 Å². The Morgan fingerprint density at radius 3 is 2.60 bits per heavy atom. The number of carbonyl (C=O) groups is 2. The topological polar surface area (TPSA) is 118 Å². The number of benzene rings is 1. The summed E-state index contributed by atoms with van der Waals surface area (Å²) in [6, 6.07) is 6.71. The van der Waals surface area contributed by atoms with Gasteiger partial charge in [0.15, 0.2) is 18.6 Å². The number of carbonyl (C=O) groups excluding carboxylic acids is 2. The summed E-state index contributed by atoms with van der Waals surface area (Å²) < 4.78 is 84.8. The Bertz CT molecular complexity index is 1580. The maximum absolute atomic E-state index is 14.6. The first-order valence-electron chi connectivity index (χ1n) is 13.3. The van der Waals surface area contributed by atoms with Gasteiger partial charge in [-0.3, -0.25) is 14.6 Å². The van der Waals surface area contributed by atoms with E-state index in [0.29, 0.717) is 39.3 Å². The molecular formula is C27H27F6N7O3. The average Bonchev–Trinajstić information content (AvgIpc) is 3.49. The lowest BCUT2D eigenvalue weighted by Gasteiger charge is -2.31. The van der Waals surface area contributed by atoms with Crippen LogP contribution in [0.2, 0.25) is 0 Å². The number of hydrogen-bond donors (Lipinski definition) is 1. The van der Waals surface area contributed by atoms with E-state index in [0.717, 1.165) is 0 Å². The molecule has 2 saturated heterocycles. The monoisotopic (exact) mass is 611 g/mol. The fraction of sp³-hybridized carbons (Fsp3) is 0.444. The number of fused-ring (bicyclic) bond motifs is 1. The van der Waals surface area contributed by atoms with E-state index in [1.807, 2.05) is 4.90 Å². The summed E-state index contributed by atoms with van der Waals surface area (Å²) >= 11 is 0. The van der Waals surface area contributed by atoms with Gasteiger partial charge >= 0.3 is 12.3 Å². The largest absolute Gasteiger partial charge is 0.440 e. The molecule has 2 amide bonds. The summed E-state index contributed by atoms with van der Waals surface area (Å²) in [7, 11) is 0. The number of rotatable bonds is 5. The predicted molar refractivity (Wildman–Crippen MR) is 143 cm³/mol. The molecule has 2 fully saturated rings. The second kappa shape index (κ2) is 11.5. The first-order valence-corrected chi connectivity index (χ1v) is 13.3. The zero-order valence-corrected chi connectivity index (χ0v) is 22.9. The smallest absolute Gasteiger partial charge is 0.422 e. The third-order valence-electron chi connectivity index (χ3n) is 7.36. The Hall–Kier alpha value is -4.21. The Labute approximate surface area is 241 Å². The number of nitrogens with zero attached hydrogens (tertiary/aromatic N) is 6. The van der Waals surface area contributed by atoms with Crippen LogP contribution in [0.3, 0.4) is 0 Å². The van der Waals surface area contributed by atoms with Crippen molar-refractivity contribution >= 4 is 29.0 Å². The molecule has 5 rings (SSSR count). The number of aliphatic imine (C=N–C) groups is 1. The standard InChI is InChI=1S/C27H27F6N7O3/c1-15-2-3-16(8-18(15)24(41)37-20-12-39(11-19(20)28)25(42)43-13-27(31,32)33)21-9-17(22-23(34)35-14-36-40(21)22)10-38-6-4-26(29,30)5-7-38/h2-3,8-9,14,19H,4-7,10-13H2,1H3,(H2,34,35,36)/t19-/m0/s1. The summed E-state index contributed by atoms with van der Waals surface area (Å²) in [4.78, 5) is 35.6. The van der Waals surface area contributed by atoms with E-state index in [-0.39, 0.29) is 43.0 Å². The molecule has 4 heterocycles. The zero-order chi connectivity index (χ0) is 31.1. The van der Waals surface area contributed by atoms with E-state index in [9.17, 15) is 35.9 Å². The van der Waals surface area contributed by atoms with Crippen molar-refractivity contribution in [3.05, 3.63) is 47.3 Å². The number of amides is 2. The minimum atomic E-state index is -4.74. The van der Waals surface area contributed by atoms with Crippen LogP contribution in [-0.4, -0.2) is 93.2 Å². The van der Waals surface area contributed by atoms with E-state index in [2.05, 4.69) is 19.8 Å². The molecule has 2 aliphatic rings. The molecule has 43 heavy (non-hydrogen) atoms. The van der Waals surface area contributed by atoms with Crippen molar-refractivity contribution in [2.75, 3.05) is 38.5 Å². The summed E-state index contributed by atoms with van der Waals surface area (Å²) in [6.45, 7) is -0.564. The number of nitrogen functional groups attached to an aromatic ring is 1. The van der Waals surface area contributed by atoms with Crippen LogP contribution in [0.15, 0.2) is 35.6 Å². The normalized spacial score (nSPS) is 20.2. The van der Waals surface area contributed by atoms with Crippen molar-refractivity contribution in [1.82, 2.24) is 24.4 Å². The lowest BCUT2D eigenvalue weighted by Crippen LogP contribution is -2.38. The van der Waals surface area contributed by atoms with Crippen molar-refractivity contribution < 1.29 is 40.7 Å². The number of anilines is 1. The molecule has 10 nitrogen and oxygen atoms in total. The fourth-order valence-corrected chi connectivity index (χ4v) is 5.09. The van der Waals surface area contributed by atoms with Crippen LogP contribution in [0.1, 0.15) is 34.3 Å². The van der Waals surface area contributed by atoms with Crippen LogP contribution in [-0.2, 0) is 11.3 Å². The van der Waals surface area contributed by atoms with Crippen molar-refractivity contribution in [2.24, 2.45) is 4.99 Å². The first-order chi connectivity index (χ1) is 20.2. The number of likely N-dealkylation sites (tertiary alicyclic amines) is 2. The molecule has 16 heteroatoms. The summed E-state index contributed by atoms with van der Waals surface area (Å²) in [5.41, 5.74) is 8.73. The number of hydrogen-bond acceptors (Lipinski definition) is 7. The lowest BCUT2D eigenvalue weighted by molar-refractivity contribution is -0.162. The molecule has 0 bridgehead atoms. The Morgan fingerprint density at radius 2 is 1.91 bits per heavy atom. The molecule has 0 radical (unpaired) electrons. The molecule has 2 N–H and O–H groups in total. The van der Waals surface area contributed by atoms with Gasteiger partial charge in [-0.1, -0.05) is 12.1 Å². The fourth-order valence-electron chi connectivity index (χ4n) is 5.09. The molecule has 0 spiro atoms. The van der Waals surface area contributed by atoms with Gasteiger partial charge in [0.1, 0.15) is 11.8 Å². The van der Waals surface area contributed by atoms with Crippen molar-refractivity contribution in [2.45, 2.75) is 44.6 Å². The van der Waals surface area contributed by atoms with Gasteiger partial charge in [0, 0.05) is 43.6 Å². The van der Waals surface area contributed by atoms with Gasteiger partial charge in [-0.2, -0.15) is 18.3 Å². The molecule has 2 aromatic heterocycles. The van der Waals surface area contributed by atoms with Gasteiger partial charge in [-0.15, -0.1) is 0 Å². The van der Waals surface area contributed by atoms with E-state index in [1.54, 1.807) is 29.6 Å². The minimum Gasteiger partial charge on any atom is -0.440 e. The van der Waals surface area contributed by atoms with Crippen LogP contribution >= 0.6 is 0 Å². The third kappa shape index (κ3) is 6.73. The first kappa shape index (κ1) is 30.3. The highest BCUT2D eigenvalue weighted by atomic mass is 19.4. The quantitative estimate of drug-likeness (QED) is 0.424. The average molecular weight is 612 g/mol. The van der Waals surface area contributed by atoms with Crippen molar-refractivity contribution in [3.8, 4) is 11.3 Å². The van der Waals surface area contributed by atoms with Crippen LogP contribution in [0.25, 0.3) is 16.8 Å². The number of aryl methyl sites for hydroxylation is 1. The van der Waals surface area contributed by atoms with Gasteiger partial charge < -0.3 is 10.5 Å². The van der Waals surface area contributed by atoms with Gasteiger partial charge in [-0.05, 0) is 30.2 Å². The van der Waals surface area contributed by atoms with Crippen LogP contribution < -0.4 is 5.73 Å². The summed E-state index contributed by atoms with van der Waals surface area (Å²) in [5, 5.41) is 4.31. The molecule has 0 unspecified atom stereocenters. The van der Waals surface area contributed by atoms with E-state index in [4.69, 9.17) is 5.73 Å². The maximum Gasteiger partial charge on any atom is 0.422 e. The lowest BCUT2D eigenvalue weighted by atomic mass is 10.0. The summed E-state index contributed by atoms with van der Waals surface area (Å²) in [5.74, 6) is -3.33. The van der Waals surface area contributed by atoms with Gasteiger partial charge in [0.05, 0.1) is 24.5 Å². The van der Waals surface area contributed by atoms with Gasteiger partial charge in [0.2, 0.25) is 0 Å². The van der Waals surface area contributed by atoms with Crippen LogP contribution in [0.5, 0.6) is 0 Å². The highest BCUT2D eigenvalue weighted by Crippen LogP contribution is 2.33. The molecule has 3 aromatic rings. The molecular weight excluding hydrogens is 584 g/mol. The molecule has 1 aromatic carbocycles. The molecule has 0 saturated carbocycles. The SMILES string of the molecule is Cc1ccc(-c2cc(CN3CCC(F)(F)CC3)c3c(N)ncnn23)cc1C(=O)N=C1CN(C(=O)OCC(F)(F)F)C[C@@H]1F. The van der Waals surface area contributed by atoms with E-state index in [1.165, 1.54) is 12.4 Å². The number of piperidine rings is 1. The highest BCUT2D eigenvalue weighted by molar-refractivity contribution is 6.08. The molecule has 230 valence electrons. The van der Waals surface area contributed by atoms with E-state index >= 15 is 0 Å². The molecule has 1 atom stereocenters. The second-order valence-corrected chi connectivity index (χ2v) is 10.5. The number of nitrogens with two attached hydrogens (primary N) is 1. The van der Waals surface area contributed by atoms with E-state index < -0.39 is 50.0 Å². The third-order valence-corrected chi connectivity index (χ3v) is 7.36. The van der Waals surface area contributed by atoms with Crippen molar-refractivity contribution in [3.63, 3.8) is 0 Å². The maximum atomic E-state index is 14.6. The number of alkyl halides is 6. The zero-order valence-electron chi connectivity index (χ0n) is 22.9. The Morgan fingerprint density at radius 1 is 1.19 bits per heavy atom. The minimum absolute atomic E-state index is 0.118. The van der Waals surface area contributed by atoms with Crippen LogP contribution in [0.4, 0.5) is 37.0 Å². The highest BCUT2D eigenvalue weighted by Gasteiger charge is 2.37. The van der Waals surface area contributed by atoms with Crippen molar-refractivity contribution in [1.29, 1.82) is 0 Å². The van der Waals surface area contributed by atoms with Crippen LogP contribution in [0, 0.1) is 6.92 Å². The van der Waals surface area contributed by atoms with Gasteiger partial charge in [0.25, 0.3) is 11.8 Å². The number of aromatic nitrogens is 3. The molecule has 0 aliphatic carbocycles. The Kier molecular flexibility index (Phi) is 8.07. The summed E-state index contributed by atoms with van der Waals surface area (Å²) in [6.07, 6.45) is -7.22. The predicted octanol–water partition coefficient (Wildman–Crippen LogP) is 4.45. The second-order valence-electron chi connectivity index (χ2n) is 10.5.